The molecule has 1 aromatic heterocycles. The van der Waals surface area contributed by atoms with E-state index in [4.69, 9.17) is 22.4 Å². The van der Waals surface area contributed by atoms with E-state index in [1.807, 2.05) is 0 Å². The number of rotatable bonds is 2. The Balaban J connectivity index is 2.81. The van der Waals surface area contributed by atoms with Crippen molar-refractivity contribution in [1.29, 1.82) is 0 Å². The van der Waals surface area contributed by atoms with E-state index in [1.165, 1.54) is 0 Å². The quantitative estimate of drug-likeness (QED) is 0.647. The highest BCUT2D eigenvalue weighted by Crippen LogP contribution is 2.10. The van der Waals surface area contributed by atoms with E-state index in [9.17, 15) is 0 Å². The number of pyridine rings is 1. The highest BCUT2D eigenvalue weighted by atomic mass is 35.5. The molecule has 0 amide bonds. The summed E-state index contributed by atoms with van der Waals surface area (Å²) in [6.45, 7) is -0.0800. The maximum Gasteiger partial charge on any atom is 0.129 e. The van der Waals surface area contributed by atoms with Gasteiger partial charge in [0.25, 0.3) is 0 Å². The van der Waals surface area contributed by atoms with Crippen molar-refractivity contribution in [3.8, 4) is 0 Å². The van der Waals surface area contributed by atoms with Crippen LogP contribution in [0.25, 0.3) is 0 Å². The summed E-state index contributed by atoms with van der Waals surface area (Å²) in [7, 11) is 0. The summed E-state index contributed by atoms with van der Waals surface area (Å²) < 4.78 is 0. The van der Waals surface area contributed by atoms with Crippen molar-refractivity contribution < 1.29 is 5.11 Å². The van der Waals surface area contributed by atoms with Gasteiger partial charge in [0.2, 0.25) is 0 Å². The van der Waals surface area contributed by atoms with Crippen LogP contribution in [0.15, 0.2) is 18.3 Å². The van der Waals surface area contributed by atoms with E-state index in [0.29, 0.717) is 5.15 Å². The average molecular weight is 173 g/mol. The molecular weight excluding hydrogens is 164 g/mol. The van der Waals surface area contributed by atoms with Gasteiger partial charge < -0.3 is 10.8 Å². The van der Waals surface area contributed by atoms with Gasteiger partial charge in [-0.05, 0) is 11.6 Å². The van der Waals surface area contributed by atoms with E-state index in [-0.39, 0.29) is 12.6 Å². The molecule has 0 aliphatic carbocycles. The minimum absolute atomic E-state index is 0.0800. The predicted molar refractivity (Wildman–Crippen MR) is 43.3 cm³/mol. The number of aliphatic hydroxyl groups is 1. The molecule has 0 spiro atoms. The van der Waals surface area contributed by atoms with Crippen LogP contribution >= 0.6 is 11.6 Å². The summed E-state index contributed by atoms with van der Waals surface area (Å²) in [4.78, 5) is 3.82. The van der Waals surface area contributed by atoms with E-state index in [2.05, 4.69) is 4.98 Å². The first-order valence-electron chi connectivity index (χ1n) is 3.22. The second kappa shape index (κ2) is 3.67. The van der Waals surface area contributed by atoms with E-state index < -0.39 is 0 Å². The maximum atomic E-state index is 8.67. The van der Waals surface area contributed by atoms with E-state index >= 15 is 0 Å². The molecule has 60 valence electrons. The van der Waals surface area contributed by atoms with Crippen molar-refractivity contribution in [3.05, 3.63) is 29.0 Å². The van der Waals surface area contributed by atoms with E-state index in [0.717, 1.165) is 5.56 Å². The second-order valence-electron chi connectivity index (χ2n) is 2.20. The number of nitrogens with zero attached hydrogens (tertiary/aromatic N) is 1. The zero-order valence-electron chi connectivity index (χ0n) is 5.87. The molecule has 3 nitrogen and oxygen atoms in total. The van der Waals surface area contributed by atoms with E-state index in [1.54, 1.807) is 18.3 Å². The zero-order valence-corrected chi connectivity index (χ0v) is 6.62. The molecule has 1 aromatic rings. The van der Waals surface area contributed by atoms with Gasteiger partial charge in [-0.1, -0.05) is 17.7 Å². The molecule has 0 saturated heterocycles. The van der Waals surface area contributed by atoms with Crippen LogP contribution in [0.5, 0.6) is 0 Å². The summed E-state index contributed by atoms with van der Waals surface area (Å²) in [5, 5.41) is 9.10. The van der Waals surface area contributed by atoms with Crippen LogP contribution in [0.4, 0.5) is 0 Å². The Bertz CT molecular complexity index is 224. The standard InChI is InChI=1S/C7H9ClN2O/c8-7-2-1-5(3-10-7)6(9)4-11/h1-3,6,11H,4,9H2/t6-/m1/s1. The summed E-state index contributed by atoms with van der Waals surface area (Å²) >= 11 is 5.55. The van der Waals surface area contributed by atoms with Gasteiger partial charge in [-0.2, -0.15) is 0 Å². The first-order valence-corrected chi connectivity index (χ1v) is 3.59. The lowest BCUT2D eigenvalue weighted by Crippen LogP contribution is -2.14. The van der Waals surface area contributed by atoms with Crippen LogP contribution in [-0.4, -0.2) is 16.7 Å². The third-order valence-corrected chi connectivity index (χ3v) is 1.60. The Morgan fingerprint density at radius 3 is 2.82 bits per heavy atom. The van der Waals surface area contributed by atoms with Gasteiger partial charge in [0.15, 0.2) is 0 Å². The molecule has 0 bridgehead atoms. The van der Waals surface area contributed by atoms with Crippen LogP contribution in [0, 0.1) is 0 Å². The smallest absolute Gasteiger partial charge is 0.129 e. The van der Waals surface area contributed by atoms with Crippen molar-refractivity contribution in [3.63, 3.8) is 0 Å². The van der Waals surface area contributed by atoms with Crippen LogP contribution in [0.1, 0.15) is 11.6 Å². The number of hydrogen-bond acceptors (Lipinski definition) is 3. The predicted octanol–water partition coefficient (Wildman–Crippen LogP) is 0.727. The summed E-state index contributed by atoms with van der Waals surface area (Å²) in [5.74, 6) is 0. The fraction of sp³-hybridized carbons (Fsp3) is 0.286. The molecule has 0 aliphatic rings. The van der Waals surface area contributed by atoms with Crippen molar-refractivity contribution in [1.82, 2.24) is 4.98 Å². The van der Waals surface area contributed by atoms with Crippen LogP contribution in [0.3, 0.4) is 0 Å². The highest BCUT2D eigenvalue weighted by Gasteiger charge is 2.02. The Hall–Kier alpha value is -0.640. The molecule has 0 fully saturated rings. The fourth-order valence-corrected chi connectivity index (χ4v) is 0.824. The maximum absolute atomic E-state index is 8.67. The lowest BCUT2D eigenvalue weighted by atomic mass is 10.1. The van der Waals surface area contributed by atoms with Gasteiger partial charge in [0, 0.05) is 6.20 Å². The third kappa shape index (κ3) is 2.15. The molecule has 0 aromatic carbocycles. The third-order valence-electron chi connectivity index (χ3n) is 1.38. The highest BCUT2D eigenvalue weighted by molar-refractivity contribution is 6.29. The molecule has 0 unspecified atom stereocenters. The average Bonchev–Trinajstić information content (AvgIpc) is 2.05. The van der Waals surface area contributed by atoms with Gasteiger partial charge >= 0.3 is 0 Å². The number of aromatic nitrogens is 1. The molecule has 0 saturated carbocycles. The Labute approximate surface area is 69.8 Å². The SMILES string of the molecule is N[C@H](CO)c1ccc(Cl)nc1. The first kappa shape index (κ1) is 8.46. The topological polar surface area (TPSA) is 59.1 Å². The van der Waals surface area contributed by atoms with Gasteiger partial charge in [-0.3, -0.25) is 0 Å². The second-order valence-corrected chi connectivity index (χ2v) is 2.59. The van der Waals surface area contributed by atoms with Crippen molar-refractivity contribution in [2.45, 2.75) is 6.04 Å². The van der Waals surface area contributed by atoms with Crippen LogP contribution < -0.4 is 5.73 Å². The first-order chi connectivity index (χ1) is 5.24. The van der Waals surface area contributed by atoms with Gasteiger partial charge in [0.1, 0.15) is 5.15 Å². The molecule has 11 heavy (non-hydrogen) atoms. The number of aliphatic hydroxyl groups excluding tert-OH is 1. The molecule has 1 atom stereocenters. The molecule has 3 N–H and O–H groups in total. The minimum atomic E-state index is -0.361. The number of halogens is 1. The largest absolute Gasteiger partial charge is 0.394 e. The van der Waals surface area contributed by atoms with Crippen molar-refractivity contribution in [2.75, 3.05) is 6.61 Å². The molecule has 1 heterocycles. The molecule has 1 rings (SSSR count). The van der Waals surface area contributed by atoms with Gasteiger partial charge in [-0.15, -0.1) is 0 Å². The lowest BCUT2D eigenvalue weighted by molar-refractivity contribution is 0.268. The fourth-order valence-electron chi connectivity index (χ4n) is 0.712. The molecular formula is C7H9ClN2O. The minimum Gasteiger partial charge on any atom is -0.394 e. The van der Waals surface area contributed by atoms with Crippen molar-refractivity contribution >= 4 is 11.6 Å². The van der Waals surface area contributed by atoms with Crippen LogP contribution in [0.2, 0.25) is 5.15 Å². The Kier molecular flexibility index (Phi) is 2.82. The van der Waals surface area contributed by atoms with Gasteiger partial charge in [-0.25, -0.2) is 4.98 Å². The number of hydrogen-bond donors (Lipinski definition) is 2. The number of nitrogens with two attached hydrogens (primary N) is 1. The van der Waals surface area contributed by atoms with Crippen molar-refractivity contribution in [2.24, 2.45) is 5.73 Å². The Morgan fingerprint density at radius 1 is 1.64 bits per heavy atom. The normalized spacial score (nSPS) is 13.0. The zero-order chi connectivity index (χ0) is 8.27. The summed E-state index contributed by atoms with van der Waals surface area (Å²) in [5.41, 5.74) is 6.30. The lowest BCUT2D eigenvalue weighted by Gasteiger charge is -2.06. The summed E-state index contributed by atoms with van der Waals surface area (Å²) in [6.07, 6.45) is 1.56. The Morgan fingerprint density at radius 2 is 2.36 bits per heavy atom. The molecule has 0 aliphatic heterocycles. The van der Waals surface area contributed by atoms with Gasteiger partial charge in [0.05, 0.1) is 12.6 Å². The molecule has 0 radical (unpaired) electrons. The molecule has 4 heteroatoms. The monoisotopic (exact) mass is 172 g/mol. The summed E-state index contributed by atoms with van der Waals surface area (Å²) in [6, 6.07) is 3.03. The van der Waals surface area contributed by atoms with Crippen LogP contribution in [-0.2, 0) is 0 Å².